The molecule has 3 nitrogen and oxygen atoms in total. The number of rotatable bonds is 3. The molecule has 1 saturated carbocycles. The van der Waals surface area contributed by atoms with E-state index in [0.29, 0.717) is 11.5 Å². The van der Waals surface area contributed by atoms with Gasteiger partial charge in [0.05, 0.1) is 5.02 Å². The van der Waals surface area contributed by atoms with Crippen LogP contribution in [0.25, 0.3) is 0 Å². The van der Waals surface area contributed by atoms with E-state index in [1.165, 1.54) is 31.4 Å². The van der Waals surface area contributed by atoms with E-state index in [1.807, 2.05) is 0 Å². The number of hydrogen-bond donors (Lipinski definition) is 2. The molecule has 1 heterocycles. The Morgan fingerprint density at radius 1 is 1.12 bits per heavy atom. The quantitative estimate of drug-likeness (QED) is 0.782. The van der Waals surface area contributed by atoms with Gasteiger partial charge >= 0.3 is 0 Å². The van der Waals surface area contributed by atoms with Crippen LogP contribution in [-0.4, -0.2) is 36.2 Å². The lowest BCUT2D eigenvalue weighted by Gasteiger charge is -2.41. The van der Waals surface area contributed by atoms with Crippen molar-refractivity contribution in [2.75, 3.05) is 26.2 Å². The second kappa shape index (κ2) is 10.0. The lowest BCUT2D eigenvalue weighted by Crippen LogP contribution is -2.47. The average molecular weight is 400 g/mol. The molecule has 0 radical (unpaired) electrons. The second-order valence-corrected chi connectivity index (χ2v) is 6.86. The van der Waals surface area contributed by atoms with Crippen molar-refractivity contribution < 1.29 is 9.50 Å². The topological polar surface area (TPSA) is 35.5 Å². The molecule has 3 rings (SSSR count). The van der Waals surface area contributed by atoms with Crippen molar-refractivity contribution in [1.82, 2.24) is 10.2 Å². The summed E-state index contributed by atoms with van der Waals surface area (Å²) < 4.78 is 13.9. The van der Waals surface area contributed by atoms with Gasteiger partial charge in [-0.2, -0.15) is 0 Å². The molecule has 1 aliphatic heterocycles. The molecule has 2 aliphatic rings. The van der Waals surface area contributed by atoms with Crippen molar-refractivity contribution in [3.63, 3.8) is 0 Å². The number of benzene rings is 1. The molecule has 1 aromatic carbocycles. The van der Waals surface area contributed by atoms with Gasteiger partial charge in [0.25, 0.3) is 0 Å². The smallest absolute Gasteiger partial charge is 0.139 e. The van der Waals surface area contributed by atoms with E-state index in [0.717, 1.165) is 39.0 Å². The van der Waals surface area contributed by atoms with Gasteiger partial charge in [-0.25, -0.2) is 4.39 Å². The first-order valence-corrected chi connectivity index (χ1v) is 8.67. The maximum Gasteiger partial charge on any atom is 0.139 e. The van der Waals surface area contributed by atoms with Gasteiger partial charge in [0.1, 0.15) is 11.6 Å². The summed E-state index contributed by atoms with van der Waals surface area (Å²) in [5.74, 6) is 0.154. The van der Waals surface area contributed by atoms with Crippen LogP contribution in [0.1, 0.15) is 43.7 Å². The first-order valence-electron chi connectivity index (χ1n) is 8.29. The summed E-state index contributed by atoms with van der Waals surface area (Å²) in [7, 11) is 0. The molecular weight excluding hydrogens is 374 g/mol. The van der Waals surface area contributed by atoms with E-state index in [1.54, 1.807) is 0 Å². The Hall–Kier alpha value is -0.260. The molecule has 0 unspecified atom stereocenters. The predicted molar refractivity (Wildman–Crippen MR) is 101 cm³/mol. The third kappa shape index (κ3) is 4.89. The summed E-state index contributed by atoms with van der Waals surface area (Å²) in [6.07, 6.45) is 6.00. The standard InChI is InChI=1S/C17H24ClFN2O.2ClH/c18-15-11-13(19)10-14(17(15)22)16(12-4-2-1-3-5-12)21-8-6-20-7-9-21;;/h10-12,16,20,22H,1-9H2;2*1H/t16-;;/m1../s1. The lowest BCUT2D eigenvalue weighted by atomic mass is 9.80. The Kier molecular flexibility index (Phi) is 9.10. The second-order valence-electron chi connectivity index (χ2n) is 6.45. The van der Waals surface area contributed by atoms with Crippen molar-refractivity contribution in [2.45, 2.75) is 38.1 Å². The van der Waals surface area contributed by atoms with Crippen molar-refractivity contribution in [3.8, 4) is 5.75 Å². The summed E-state index contributed by atoms with van der Waals surface area (Å²) in [6.45, 7) is 3.73. The summed E-state index contributed by atoms with van der Waals surface area (Å²) in [5, 5.41) is 13.9. The molecule has 138 valence electrons. The number of halogens is 4. The van der Waals surface area contributed by atoms with Crippen LogP contribution in [0.4, 0.5) is 4.39 Å². The number of hydrogen-bond acceptors (Lipinski definition) is 3. The van der Waals surface area contributed by atoms with Crippen molar-refractivity contribution >= 4 is 36.4 Å². The van der Waals surface area contributed by atoms with Gasteiger partial charge < -0.3 is 10.4 Å². The first-order chi connectivity index (χ1) is 10.7. The zero-order valence-corrected chi connectivity index (χ0v) is 16.0. The van der Waals surface area contributed by atoms with Crippen LogP contribution in [0.15, 0.2) is 12.1 Å². The lowest BCUT2D eigenvalue weighted by molar-refractivity contribution is 0.101. The Morgan fingerprint density at radius 3 is 2.38 bits per heavy atom. The number of nitrogens with zero attached hydrogens (tertiary/aromatic N) is 1. The van der Waals surface area contributed by atoms with Gasteiger partial charge in [-0.05, 0) is 30.9 Å². The first kappa shape index (κ1) is 21.8. The Labute approximate surface area is 160 Å². The molecule has 0 amide bonds. The molecule has 2 N–H and O–H groups in total. The monoisotopic (exact) mass is 398 g/mol. The molecular formula is C17H26Cl3FN2O. The summed E-state index contributed by atoms with van der Waals surface area (Å²) in [4.78, 5) is 2.39. The summed E-state index contributed by atoms with van der Waals surface area (Å²) in [6, 6.07) is 2.73. The van der Waals surface area contributed by atoms with E-state index < -0.39 is 0 Å². The highest BCUT2D eigenvalue weighted by atomic mass is 35.5. The van der Waals surface area contributed by atoms with Gasteiger partial charge in [-0.1, -0.05) is 30.9 Å². The molecule has 7 heteroatoms. The van der Waals surface area contributed by atoms with E-state index >= 15 is 0 Å². The molecule has 0 spiro atoms. The van der Waals surface area contributed by atoms with Crippen LogP contribution in [-0.2, 0) is 0 Å². The molecule has 1 aromatic rings. The molecule has 1 atom stereocenters. The Morgan fingerprint density at radius 2 is 1.75 bits per heavy atom. The fourth-order valence-electron chi connectivity index (χ4n) is 3.97. The highest BCUT2D eigenvalue weighted by Crippen LogP contribution is 2.43. The van der Waals surface area contributed by atoms with E-state index in [-0.39, 0.29) is 47.4 Å². The third-order valence-electron chi connectivity index (χ3n) is 5.02. The predicted octanol–water partition coefficient (Wildman–Crippen LogP) is 4.55. The maximum absolute atomic E-state index is 13.9. The highest BCUT2D eigenvalue weighted by Gasteiger charge is 2.33. The third-order valence-corrected chi connectivity index (χ3v) is 5.31. The van der Waals surface area contributed by atoms with Gasteiger partial charge in [0.2, 0.25) is 0 Å². The average Bonchev–Trinajstić information content (AvgIpc) is 2.54. The van der Waals surface area contributed by atoms with Crippen LogP contribution in [0.2, 0.25) is 5.02 Å². The van der Waals surface area contributed by atoms with Gasteiger partial charge in [-0.15, -0.1) is 24.8 Å². The van der Waals surface area contributed by atoms with Crippen molar-refractivity contribution in [2.24, 2.45) is 5.92 Å². The highest BCUT2D eigenvalue weighted by molar-refractivity contribution is 6.32. The van der Waals surface area contributed by atoms with Crippen LogP contribution in [0.5, 0.6) is 5.75 Å². The Bertz CT molecular complexity index is 503. The van der Waals surface area contributed by atoms with Crippen molar-refractivity contribution in [1.29, 1.82) is 0 Å². The largest absolute Gasteiger partial charge is 0.506 e. The Balaban J connectivity index is 0.00000144. The minimum atomic E-state index is -0.367. The zero-order valence-electron chi connectivity index (χ0n) is 13.6. The zero-order chi connectivity index (χ0) is 15.5. The minimum absolute atomic E-state index is 0. The molecule has 1 saturated heterocycles. The summed E-state index contributed by atoms with van der Waals surface area (Å²) in [5.41, 5.74) is 0.666. The van der Waals surface area contributed by atoms with Crippen LogP contribution in [0.3, 0.4) is 0 Å². The number of nitrogens with one attached hydrogen (secondary N) is 1. The van der Waals surface area contributed by atoms with Gasteiger partial charge in [-0.3, -0.25) is 4.90 Å². The van der Waals surface area contributed by atoms with E-state index in [9.17, 15) is 9.50 Å². The van der Waals surface area contributed by atoms with Crippen LogP contribution >= 0.6 is 36.4 Å². The summed E-state index contributed by atoms with van der Waals surface area (Å²) >= 11 is 6.02. The minimum Gasteiger partial charge on any atom is -0.506 e. The van der Waals surface area contributed by atoms with Crippen LogP contribution in [0, 0.1) is 11.7 Å². The van der Waals surface area contributed by atoms with E-state index in [4.69, 9.17) is 11.6 Å². The number of phenols is 1. The van der Waals surface area contributed by atoms with E-state index in [2.05, 4.69) is 10.2 Å². The molecule has 2 fully saturated rings. The molecule has 24 heavy (non-hydrogen) atoms. The normalized spacial score (nSPS) is 20.8. The van der Waals surface area contributed by atoms with Gasteiger partial charge in [0.15, 0.2) is 0 Å². The number of phenolic OH excluding ortho intramolecular Hbond substituents is 1. The fourth-order valence-corrected chi connectivity index (χ4v) is 4.18. The maximum atomic E-state index is 13.9. The molecule has 0 aromatic heterocycles. The number of piperazine rings is 1. The number of aromatic hydroxyl groups is 1. The molecule has 1 aliphatic carbocycles. The molecule has 0 bridgehead atoms. The fraction of sp³-hybridized carbons (Fsp3) is 0.647. The van der Waals surface area contributed by atoms with Crippen molar-refractivity contribution in [3.05, 3.63) is 28.5 Å². The van der Waals surface area contributed by atoms with Crippen LogP contribution < -0.4 is 5.32 Å². The van der Waals surface area contributed by atoms with Gasteiger partial charge in [0, 0.05) is 37.8 Å². The SMILES string of the molecule is Cl.Cl.Oc1c(Cl)cc(F)cc1[C@@H](C1CCCCC1)N1CCNCC1.